The third kappa shape index (κ3) is 4.03. The largest absolute Gasteiger partial charge is 0.472 e. The van der Waals surface area contributed by atoms with E-state index in [1.165, 1.54) is 0 Å². The van der Waals surface area contributed by atoms with Crippen LogP contribution >= 0.6 is 23.2 Å². The van der Waals surface area contributed by atoms with Crippen molar-refractivity contribution in [3.63, 3.8) is 0 Å². The summed E-state index contributed by atoms with van der Waals surface area (Å²) in [6.07, 6.45) is 10.2. The molecule has 0 spiro atoms. The zero-order chi connectivity index (χ0) is 21.4. The fourth-order valence-corrected chi connectivity index (χ4v) is 4.81. The van der Waals surface area contributed by atoms with Gasteiger partial charge >= 0.3 is 0 Å². The summed E-state index contributed by atoms with van der Waals surface area (Å²) in [5, 5.41) is 7.76. The summed E-state index contributed by atoms with van der Waals surface area (Å²) in [4.78, 5) is 13.2. The third-order valence-electron chi connectivity index (χ3n) is 5.76. The summed E-state index contributed by atoms with van der Waals surface area (Å²) >= 11 is 12.7. The molecule has 6 nitrogen and oxygen atoms in total. The van der Waals surface area contributed by atoms with Crippen LogP contribution in [0.5, 0.6) is 0 Å². The Morgan fingerprint density at radius 1 is 1.13 bits per heavy atom. The third-order valence-corrected chi connectivity index (χ3v) is 6.30. The second-order valence-electron chi connectivity index (χ2n) is 7.90. The lowest BCUT2D eigenvalue weighted by Crippen LogP contribution is -2.40. The molecule has 5 rings (SSSR count). The first-order valence-corrected chi connectivity index (χ1v) is 11.2. The van der Waals surface area contributed by atoms with Crippen molar-refractivity contribution in [1.82, 2.24) is 20.2 Å². The Hall–Kier alpha value is -2.54. The molecule has 0 radical (unpaired) electrons. The van der Waals surface area contributed by atoms with E-state index in [1.54, 1.807) is 29.3 Å². The number of nitrogens with zero attached hydrogens (tertiary/aromatic N) is 3. The van der Waals surface area contributed by atoms with E-state index in [-0.39, 0.29) is 5.91 Å². The molecule has 1 aliphatic heterocycles. The number of benzene rings is 1. The molecule has 2 aliphatic rings. The Morgan fingerprint density at radius 2 is 1.97 bits per heavy atom. The van der Waals surface area contributed by atoms with Crippen molar-refractivity contribution >= 4 is 40.8 Å². The number of furan rings is 1. The molecule has 3 aromatic rings. The minimum Gasteiger partial charge on any atom is -0.472 e. The van der Waals surface area contributed by atoms with Crippen LogP contribution in [-0.2, 0) is 6.42 Å². The molecule has 1 aromatic carbocycles. The number of amides is 1. The van der Waals surface area contributed by atoms with Crippen LogP contribution in [0.2, 0.25) is 10.0 Å². The lowest BCUT2D eigenvalue weighted by molar-refractivity contribution is 0.0819. The van der Waals surface area contributed by atoms with Crippen LogP contribution in [0.3, 0.4) is 0 Å². The standard InChI is InChI=1S/C23H22Cl2N4O2/c24-17-6-7-20(19(25)13-17)29-22-16(12-15-8-11-31-14-15)4-3-5-18(22)21(26-29)23(30)27-28-9-1-2-10-28/h6-8,11-14H,1-5,9-10H2,(H,27,30)/b16-12+. The van der Waals surface area contributed by atoms with Crippen LogP contribution in [0.4, 0.5) is 0 Å². The molecule has 2 aromatic heterocycles. The minimum absolute atomic E-state index is 0.174. The normalized spacial score (nSPS) is 17.8. The zero-order valence-corrected chi connectivity index (χ0v) is 18.4. The van der Waals surface area contributed by atoms with Gasteiger partial charge in [-0.2, -0.15) is 5.10 Å². The van der Waals surface area contributed by atoms with Gasteiger partial charge in [-0.05, 0) is 68.0 Å². The number of allylic oxidation sites excluding steroid dienone is 1. The quantitative estimate of drug-likeness (QED) is 0.571. The monoisotopic (exact) mass is 456 g/mol. The van der Waals surface area contributed by atoms with E-state index < -0.39 is 0 Å². The van der Waals surface area contributed by atoms with Gasteiger partial charge in [-0.1, -0.05) is 23.2 Å². The van der Waals surface area contributed by atoms with Crippen molar-refractivity contribution in [1.29, 1.82) is 0 Å². The molecule has 0 unspecified atom stereocenters. The molecule has 0 saturated carbocycles. The number of fused-ring (bicyclic) bond motifs is 1. The smallest absolute Gasteiger partial charge is 0.286 e. The van der Waals surface area contributed by atoms with Crippen molar-refractivity contribution in [2.24, 2.45) is 0 Å². The Morgan fingerprint density at radius 3 is 2.71 bits per heavy atom. The van der Waals surface area contributed by atoms with Crippen molar-refractivity contribution in [3.8, 4) is 5.69 Å². The first-order chi connectivity index (χ1) is 15.1. The van der Waals surface area contributed by atoms with E-state index in [4.69, 9.17) is 32.7 Å². The summed E-state index contributed by atoms with van der Waals surface area (Å²) in [5.74, 6) is -0.174. The lowest BCUT2D eigenvalue weighted by Gasteiger charge is -2.19. The van der Waals surface area contributed by atoms with Crippen LogP contribution in [-0.4, -0.2) is 33.8 Å². The van der Waals surface area contributed by atoms with Crippen molar-refractivity contribution in [2.75, 3.05) is 13.1 Å². The molecule has 1 aliphatic carbocycles. The van der Waals surface area contributed by atoms with Gasteiger partial charge in [0.25, 0.3) is 5.91 Å². The van der Waals surface area contributed by atoms with E-state index in [0.717, 1.165) is 67.6 Å². The highest BCUT2D eigenvalue weighted by molar-refractivity contribution is 6.35. The van der Waals surface area contributed by atoms with Crippen molar-refractivity contribution < 1.29 is 9.21 Å². The van der Waals surface area contributed by atoms with E-state index in [0.29, 0.717) is 21.4 Å². The van der Waals surface area contributed by atoms with Gasteiger partial charge in [-0.15, -0.1) is 0 Å². The molecular weight excluding hydrogens is 435 g/mol. The average Bonchev–Trinajstić information content (AvgIpc) is 3.49. The number of carbonyl (C=O) groups is 1. The SMILES string of the molecule is O=C(NN1CCCC1)c1nn(-c2ccc(Cl)cc2Cl)c2c1CCC/C2=C\c1ccoc1. The molecule has 1 N–H and O–H groups in total. The van der Waals surface area contributed by atoms with Gasteiger partial charge < -0.3 is 4.42 Å². The van der Waals surface area contributed by atoms with Gasteiger partial charge in [0, 0.05) is 29.2 Å². The fourth-order valence-electron chi connectivity index (χ4n) is 4.33. The maximum atomic E-state index is 13.2. The molecule has 1 amide bonds. The van der Waals surface area contributed by atoms with Crippen molar-refractivity contribution in [3.05, 3.63) is 69.4 Å². The number of nitrogens with one attached hydrogen (secondary N) is 1. The van der Waals surface area contributed by atoms with Gasteiger partial charge in [0.1, 0.15) is 0 Å². The summed E-state index contributed by atoms with van der Waals surface area (Å²) < 4.78 is 7.03. The molecule has 160 valence electrons. The Kier molecular flexibility index (Phi) is 5.61. The summed E-state index contributed by atoms with van der Waals surface area (Å²) in [6, 6.07) is 7.23. The number of hydrazine groups is 1. The van der Waals surface area contributed by atoms with E-state index in [2.05, 4.69) is 11.5 Å². The first kappa shape index (κ1) is 20.4. The highest BCUT2D eigenvalue weighted by Crippen LogP contribution is 2.37. The maximum Gasteiger partial charge on any atom is 0.286 e. The Labute approximate surface area is 190 Å². The van der Waals surface area contributed by atoms with Crippen LogP contribution in [0, 0.1) is 0 Å². The number of hydrogen-bond donors (Lipinski definition) is 1. The Bertz CT molecular complexity index is 1140. The lowest BCUT2D eigenvalue weighted by atomic mass is 9.90. The zero-order valence-electron chi connectivity index (χ0n) is 16.9. The van der Waals surface area contributed by atoms with Gasteiger partial charge in [0.15, 0.2) is 5.69 Å². The van der Waals surface area contributed by atoms with Gasteiger partial charge in [-0.3, -0.25) is 10.2 Å². The first-order valence-electron chi connectivity index (χ1n) is 10.5. The van der Waals surface area contributed by atoms with Crippen LogP contribution in [0.25, 0.3) is 17.3 Å². The van der Waals surface area contributed by atoms with Crippen LogP contribution in [0.15, 0.2) is 41.2 Å². The van der Waals surface area contributed by atoms with Gasteiger partial charge in [0.05, 0.1) is 28.9 Å². The topological polar surface area (TPSA) is 63.3 Å². The van der Waals surface area contributed by atoms with Gasteiger partial charge in [-0.25, -0.2) is 9.69 Å². The summed E-state index contributed by atoms with van der Waals surface area (Å²) in [6.45, 7) is 1.73. The molecule has 31 heavy (non-hydrogen) atoms. The number of halogens is 2. The second kappa shape index (κ2) is 8.54. The molecular formula is C23H22Cl2N4O2. The molecule has 0 atom stereocenters. The number of rotatable bonds is 4. The Balaban J connectivity index is 1.64. The minimum atomic E-state index is -0.174. The van der Waals surface area contributed by atoms with Crippen LogP contribution < -0.4 is 5.43 Å². The predicted molar refractivity (Wildman–Crippen MR) is 121 cm³/mol. The second-order valence-corrected chi connectivity index (χ2v) is 8.74. The maximum absolute atomic E-state index is 13.2. The fraction of sp³-hybridized carbons (Fsp3) is 0.304. The molecule has 3 heterocycles. The number of hydrogen-bond acceptors (Lipinski definition) is 4. The van der Waals surface area contributed by atoms with Crippen molar-refractivity contribution in [2.45, 2.75) is 32.1 Å². The van der Waals surface area contributed by atoms with Crippen LogP contribution in [0.1, 0.15) is 53.0 Å². The van der Waals surface area contributed by atoms with E-state index in [9.17, 15) is 4.79 Å². The average molecular weight is 457 g/mol. The molecule has 8 heteroatoms. The molecule has 1 saturated heterocycles. The number of carbonyl (C=O) groups excluding carboxylic acids is 1. The van der Waals surface area contributed by atoms with Gasteiger partial charge in [0.2, 0.25) is 0 Å². The highest BCUT2D eigenvalue weighted by atomic mass is 35.5. The highest BCUT2D eigenvalue weighted by Gasteiger charge is 2.30. The van der Waals surface area contributed by atoms with E-state index >= 15 is 0 Å². The molecule has 1 fully saturated rings. The number of aromatic nitrogens is 2. The summed E-state index contributed by atoms with van der Waals surface area (Å²) in [5.41, 5.74) is 8.11. The molecule has 0 bridgehead atoms. The van der Waals surface area contributed by atoms with E-state index in [1.807, 2.05) is 17.1 Å². The predicted octanol–water partition coefficient (Wildman–Crippen LogP) is 5.39. The summed E-state index contributed by atoms with van der Waals surface area (Å²) in [7, 11) is 0.